The molecule has 0 N–H and O–H groups in total. The summed E-state index contributed by atoms with van der Waals surface area (Å²) in [6.45, 7) is 5.98. The summed E-state index contributed by atoms with van der Waals surface area (Å²) >= 11 is 0. The third kappa shape index (κ3) is 14.9. The molecule has 0 unspecified atom stereocenters. The molecule has 0 spiro atoms. The van der Waals surface area contributed by atoms with Gasteiger partial charge in [0.25, 0.3) is 0 Å². The van der Waals surface area contributed by atoms with E-state index in [1.165, 1.54) is 57.4 Å². The molecule has 0 bridgehead atoms. The lowest BCUT2D eigenvalue weighted by molar-refractivity contribution is -0.137. The maximum atomic E-state index is 10.8. The second kappa shape index (κ2) is 15.0. The molecule has 0 atom stereocenters. The van der Waals surface area contributed by atoms with Gasteiger partial charge in [0.2, 0.25) is 0 Å². The number of carbonyl (C=O) groups is 1. The summed E-state index contributed by atoms with van der Waals surface area (Å²) in [5, 5.41) is 0. The van der Waals surface area contributed by atoms with Gasteiger partial charge in [-0.25, -0.2) is 4.79 Å². The standard InChI is InChI=1S/C17H30O2/c1-3-5-6-7-8-9-10-11-12-13-14-15-16-19-17(18)4-2/h3-5H,2,6-16H2,1H3. The van der Waals surface area contributed by atoms with E-state index in [0.29, 0.717) is 6.61 Å². The molecule has 2 nitrogen and oxygen atoms in total. The molecule has 0 saturated heterocycles. The van der Waals surface area contributed by atoms with Crippen LogP contribution in [-0.4, -0.2) is 12.6 Å². The van der Waals surface area contributed by atoms with Crippen LogP contribution in [0.2, 0.25) is 0 Å². The number of allylic oxidation sites excluding steroid dienone is 2. The second-order valence-electron chi connectivity index (χ2n) is 4.91. The molecule has 0 aliphatic rings. The Morgan fingerprint density at radius 1 is 0.947 bits per heavy atom. The highest BCUT2D eigenvalue weighted by atomic mass is 16.5. The van der Waals surface area contributed by atoms with Crippen LogP contribution >= 0.6 is 0 Å². The van der Waals surface area contributed by atoms with Gasteiger partial charge in [0, 0.05) is 6.08 Å². The van der Waals surface area contributed by atoms with Crippen molar-refractivity contribution in [3.8, 4) is 0 Å². The summed E-state index contributed by atoms with van der Waals surface area (Å²) in [5.41, 5.74) is 0. The molecule has 0 aliphatic carbocycles. The Morgan fingerprint density at radius 3 is 2.00 bits per heavy atom. The summed E-state index contributed by atoms with van der Waals surface area (Å²) in [4.78, 5) is 10.8. The molecule has 0 aromatic rings. The van der Waals surface area contributed by atoms with E-state index in [0.717, 1.165) is 12.8 Å². The SMILES string of the molecule is C=CC(=O)OCCCCCCCCCCCC=CC. The average Bonchev–Trinajstić information content (AvgIpc) is 2.43. The molecule has 0 aromatic heterocycles. The average molecular weight is 266 g/mol. The van der Waals surface area contributed by atoms with Crippen LogP contribution in [0.1, 0.15) is 71.1 Å². The van der Waals surface area contributed by atoms with E-state index in [9.17, 15) is 4.79 Å². The second-order valence-corrected chi connectivity index (χ2v) is 4.91. The fourth-order valence-electron chi connectivity index (χ4n) is 2.00. The van der Waals surface area contributed by atoms with Crippen molar-refractivity contribution >= 4 is 5.97 Å². The lowest BCUT2D eigenvalue weighted by atomic mass is 10.1. The molecular weight excluding hydrogens is 236 g/mol. The Kier molecular flexibility index (Phi) is 14.2. The molecule has 2 heteroatoms. The number of hydrogen-bond donors (Lipinski definition) is 0. The maximum Gasteiger partial charge on any atom is 0.330 e. The van der Waals surface area contributed by atoms with Gasteiger partial charge in [-0.15, -0.1) is 0 Å². The first-order valence-corrected chi connectivity index (χ1v) is 7.71. The highest BCUT2D eigenvalue weighted by Crippen LogP contribution is 2.10. The van der Waals surface area contributed by atoms with Crippen LogP contribution in [-0.2, 0) is 9.53 Å². The summed E-state index contributed by atoms with van der Waals surface area (Å²) < 4.78 is 4.92. The van der Waals surface area contributed by atoms with E-state index in [1.54, 1.807) is 0 Å². The van der Waals surface area contributed by atoms with Crippen molar-refractivity contribution in [1.82, 2.24) is 0 Å². The summed E-state index contributed by atoms with van der Waals surface area (Å²) in [6.07, 6.45) is 18.3. The minimum Gasteiger partial charge on any atom is -0.463 e. The lowest BCUT2D eigenvalue weighted by Crippen LogP contribution is -2.01. The Hall–Kier alpha value is -1.05. The molecule has 0 saturated carbocycles. The number of esters is 1. The van der Waals surface area contributed by atoms with E-state index >= 15 is 0 Å². The number of unbranched alkanes of at least 4 members (excludes halogenated alkanes) is 9. The number of rotatable bonds is 13. The fraction of sp³-hybridized carbons (Fsp3) is 0.706. The quantitative estimate of drug-likeness (QED) is 0.198. The fourth-order valence-corrected chi connectivity index (χ4v) is 2.00. The molecule has 0 aromatic carbocycles. The zero-order chi connectivity index (χ0) is 14.2. The summed E-state index contributed by atoms with van der Waals surface area (Å²) in [5.74, 6) is -0.307. The summed E-state index contributed by atoms with van der Waals surface area (Å²) in [6, 6.07) is 0. The number of carbonyl (C=O) groups excluding carboxylic acids is 1. The Labute approximate surface area is 118 Å². The molecule has 0 fully saturated rings. The first-order chi connectivity index (χ1) is 9.31. The Bertz CT molecular complexity index is 244. The van der Waals surface area contributed by atoms with E-state index < -0.39 is 0 Å². The number of ether oxygens (including phenoxy) is 1. The highest BCUT2D eigenvalue weighted by Gasteiger charge is 1.95. The van der Waals surface area contributed by atoms with Gasteiger partial charge in [-0.1, -0.05) is 63.7 Å². The predicted molar refractivity (Wildman–Crippen MR) is 82.1 cm³/mol. The number of hydrogen-bond acceptors (Lipinski definition) is 2. The van der Waals surface area contributed by atoms with Crippen molar-refractivity contribution in [2.45, 2.75) is 71.1 Å². The van der Waals surface area contributed by atoms with Gasteiger partial charge in [0.15, 0.2) is 0 Å². The molecule has 110 valence electrons. The monoisotopic (exact) mass is 266 g/mol. The zero-order valence-corrected chi connectivity index (χ0v) is 12.5. The van der Waals surface area contributed by atoms with Crippen LogP contribution in [0.5, 0.6) is 0 Å². The van der Waals surface area contributed by atoms with Gasteiger partial charge in [0.1, 0.15) is 0 Å². The van der Waals surface area contributed by atoms with Crippen molar-refractivity contribution in [3.05, 3.63) is 24.8 Å². The van der Waals surface area contributed by atoms with Crippen molar-refractivity contribution in [2.75, 3.05) is 6.61 Å². The largest absolute Gasteiger partial charge is 0.463 e. The summed E-state index contributed by atoms with van der Waals surface area (Å²) in [7, 11) is 0. The Balaban J connectivity index is 3.02. The van der Waals surface area contributed by atoms with Crippen LogP contribution < -0.4 is 0 Å². The van der Waals surface area contributed by atoms with Crippen LogP contribution in [0.3, 0.4) is 0 Å². The minimum absolute atomic E-state index is 0.307. The van der Waals surface area contributed by atoms with Crippen LogP contribution in [0, 0.1) is 0 Å². The molecule has 19 heavy (non-hydrogen) atoms. The zero-order valence-electron chi connectivity index (χ0n) is 12.5. The maximum absolute atomic E-state index is 10.8. The first-order valence-electron chi connectivity index (χ1n) is 7.71. The van der Waals surface area contributed by atoms with E-state index in [2.05, 4.69) is 25.7 Å². The van der Waals surface area contributed by atoms with E-state index in [1.807, 2.05) is 0 Å². The van der Waals surface area contributed by atoms with Gasteiger partial charge >= 0.3 is 5.97 Å². The molecule has 0 aliphatic heterocycles. The van der Waals surface area contributed by atoms with E-state index in [-0.39, 0.29) is 5.97 Å². The van der Waals surface area contributed by atoms with Crippen molar-refractivity contribution in [3.63, 3.8) is 0 Å². The van der Waals surface area contributed by atoms with Gasteiger partial charge in [-0.2, -0.15) is 0 Å². The molecule has 0 radical (unpaired) electrons. The van der Waals surface area contributed by atoms with Gasteiger partial charge < -0.3 is 4.74 Å². The van der Waals surface area contributed by atoms with Crippen LogP contribution in [0.4, 0.5) is 0 Å². The third-order valence-corrected chi connectivity index (χ3v) is 3.16. The van der Waals surface area contributed by atoms with Crippen molar-refractivity contribution < 1.29 is 9.53 Å². The van der Waals surface area contributed by atoms with E-state index in [4.69, 9.17) is 4.74 Å². The highest BCUT2D eigenvalue weighted by molar-refractivity contribution is 5.81. The van der Waals surface area contributed by atoms with Crippen molar-refractivity contribution in [1.29, 1.82) is 0 Å². The molecule has 0 heterocycles. The van der Waals surface area contributed by atoms with Crippen LogP contribution in [0.15, 0.2) is 24.8 Å². The molecule has 0 rings (SSSR count). The predicted octanol–water partition coefficient (Wildman–Crippen LogP) is 5.19. The topological polar surface area (TPSA) is 26.3 Å². The van der Waals surface area contributed by atoms with Crippen LogP contribution in [0.25, 0.3) is 0 Å². The smallest absolute Gasteiger partial charge is 0.330 e. The first kappa shape index (κ1) is 17.9. The molecule has 0 amide bonds. The third-order valence-electron chi connectivity index (χ3n) is 3.16. The van der Waals surface area contributed by atoms with Gasteiger partial charge in [0.05, 0.1) is 6.61 Å². The molecular formula is C17H30O2. The van der Waals surface area contributed by atoms with Gasteiger partial charge in [-0.3, -0.25) is 0 Å². The van der Waals surface area contributed by atoms with Crippen molar-refractivity contribution in [2.24, 2.45) is 0 Å². The Morgan fingerprint density at radius 2 is 1.47 bits per heavy atom. The minimum atomic E-state index is -0.307. The normalized spacial score (nSPS) is 10.8. The lowest BCUT2D eigenvalue weighted by Gasteiger charge is -2.03. The van der Waals surface area contributed by atoms with Gasteiger partial charge in [-0.05, 0) is 26.2 Å².